The highest BCUT2D eigenvalue weighted by Gasteiger charge is 2.31. The largest absolute Gasteiger partial charge is 0.494 e. The first-order valence-corrected chi connectivity index (χ1v) is 11.7. The molecule has 1 heterocycles. The minimum Gasteiger partial charge on any atom is -0.494 e. The molecule has 4 aromatic rings. The lowest BCUT2D eigenvalue weighted by Crippen LogP contribution is -2.27. The van der Waals surface area contributed by atoms with E-state index in [1.165, 1.54) is 19.2 Å². The first-order chi connectivity index (χ1) is 17.6. The van der Waals surface area contributed by atoms with E-state index in [1.54, 1.807) is 30.3 Å². The molecule has 3 aromatic carbocycles. The third kappa shape index (κ3) is 5.91. The molecule has 0 fully saturated rings. The van der Waals surface area contributed by atoms with Crippen LogP contribution in [0, 0.1) is 5.82 Å². The Morgan fingerprint density at radius 3 is 2.41 bits per heavy atom. The summed E-state index contributed by atoms with van der Waals surface area (Å²) in [4.78, 5) is 25.1. The Morgan fingerprint density at radius 2 is 1.78 bits per heavy atom. The van der Waals surface area contributed by atoms with E-state index in [-0.39, 0.29) is 29.6 Å². The monoisotopic (exact) mass is 533 g/mol. The van der Waals surface area contributed by atoms with Crippen LogP contribution in [0.5, 0.6) is 5.75 Å². The van der Waals surface area contributed by atoms with Crippen molar-refractivity contribution in [1.29, 1.82) is 0 Å². The van der Waals surface area contributed by atoms with E-state index in [0.29, 0.717) is 10.5 Å². The van der Waals surface area contributed by atoms with Gasteiger partial charge in [-0.1, -0.05) is 23.4 Å². The Morgan fingerprint density at radius 1 is 1.08 bits per heavy atom. The van der Waals surface area contributed by atoms with Gasteiger partial charge in [-0.25, -0.2) is 9.07 Å². The van der Waals surface area contributed by atoms with Gasteiger partial charge >= 0.3 is 12.1 Å². The molecule has 0 saturated carbocycles. The molecule has 0 aliphatic rings. The van der Waals surface area contributed by atoms with Gasteiger partial charge in [-0.15, -0.1) is 16.9 Å². The normalized spacial score (nSPS) is 12.5. The third-order valence-electron chi connectivity index (χ3n) is 5.55. The van der Waals surface area contributed by atoms with Crippen molar-refractivity contribution in [3.8, 4) is 16.9 Å². The second-order valence-corrected chi connectivity index (χ2v) is 9.23. The molecular weight excluding hydrogens is 514 g/mol. The van der Waals surface area contributed by atoms with Crippen LogP contribution in [0.2, 0.25) is 0 Å². The number of carbonyl (C=O) groups is 1. The Kier molecular flexibility index (Phi) is 7.48. The van der Waals surface area contributed by atoms with Crippen LogP contribution < -0.4 is 10.3 Å². The second kappa shape index (κ2) is 10.6. The fraction of sp³-hybridized carbons (Fsp3) is 0.200. The predicted molar refractivity (Wildman–Crippen MR) is 129 cm³/mol. The van der Waals surface area contributed by atoms with E-state index in [1.807, 2.05) is 0 Å². The van der Waals surface area contributed by atoms with Crippen molar-refractivity contribution in [2.24, 2.45) is 0 Å². The number of hydrogen-bond donors (Lipinski definition) is 1. The molecule has 12 heteroatoms. The molecule has 0 saturated heterocycles. The summed E-state index contributed by atoms with van der Waals surface area (Å²) in [6.45, 7) is -0.101. The summed E-state index contributed by atoms with van der Waals surface area (Å²) in [6, 6.07) is 14.0. The molecule has 1 aromatic heterocycles. The lowest BCUT2D eigenvalue weighted by molar-refractivity contribution is -0.138. The number of benzene rings is 3. The van der Waals surface area contributed by atoms with Gasteiger partial charge in [0, 0.05) is 11.4 Å². The summed E-state index contributed by atoms with van der Waals surface area (Å²) in [6.07, 6.45) is -4.58. The van der Waals surface area contributed by atoms with Crippen molar-refractivity contribution < 1.29 is 32.2 Å². The molecule has 7 nitrogen and oxygen atoms in total. The van der Waals surface area contributed by atoms with Gasteiger partial charge in [-0.2, -0.15) is 13.2 Å². The van der Waals surface area contributed by atoms with E-state index < -0.39 is 34.3 Å². The van der Waals surface area contributed by atoms with Crippen LogP contribution in [0.15, 0.2) is 70.4 Å². The number of aromatic nitrogens is 3. The van der Waals surface area contributed by atoms with Crippen LogP contribution in [0.25, 0.3) is 22.0 Å². The summed E-state index contributed by atoms with van der Waals surface area (Å²) in [5.74, 6) is -1.48. The standard InChI is InChI=1S/C25H19F4N3O4S/c1-36-21-9-4-15(12-19(21)26)14-2-6-17(7-3-14)37-22(24(34)35)10-11-32-23(33)18-8-5-16(25(27,28)29)13-20(18)30-31-32/h2-9,12-13,22H,10-11H2,1H3,(H,34,35). The average molecular weight is 534 g/mol. The predicted octanol–water partition coefficient (Wildman–Crippen LogP) is 5.26. The minimum atomic E-state index is -4.58. The van der Waals surface area contributed by atoms with Gasteiger partial charge in [0.1, 0.15) is 10.8 Å². The number of carboxylic acid groups (broad SMARTS) is 1. The van der Waals surface area contributed by atoms with Gasteiger partial charge in [-0.05, 0) is 60.0 Å². The Labute approximate surface area is 211 Å². The topological polar surface area (TPSA) is 94.3 Å². The second-order valence-electron chi connectivity index (χ2n) is 7.95. The Balaban J connectivity index is 1.47. The Bertz CT molecular complexity index is 1510. The Hall–Kier alpha value is -3.93. The van der Waals surface area contributed by atoms with Crippen molar-refractivity contribution >= 4 is 28.6 Å². The summed E-state index contributed by atoms with van der Waals surface area (Å²) in [5.41, 5.74) is -0.455. The molecular formula is C25H19F4N3O4S. The number of thioether (sulfide) groups is 1. The van der Waals surface area contributed by atoms with Crippen LogP contribution in [-0.4, -0.2) is 38.4 Å². The molecule has 0 radical (unpaired) electrons. The van der Waals surface area contributed by atoms with Gasteiger partial charge < -0.3 is 9.84 Å². The van der Waals surface area contributed by atoms with E-state index in [0.717, 1.165) is 40.2 Å². The summed E-state index contributed by atoms with van der Waals surface area (Å²) < 4.78 is 58.6. The number of halogens is 4. The van der Waals surface area contributed by atoms with Gasteiger partial charge in [-0.3, -0.25) is 9.59 Å². The van der Waals surface area contributed by atoms with Crippen molar-refractivity contribution in [1.82, 2.24) is 15.0 Å². The number of nitrogens with zero attached hydrogens (tertiary/aromatic N) is 3. The average Bonchev–Trinajstić information content (AvgIpc) is 2.87. The zero-order valence-electron chi connectivity index (χ0n) is 19.2. The maximum absolute atomic E-state index is 14.0. The molecule has 0 aliphatic carbocycles. The lowest BCUT2D eigenvalue weighted by Gasteiger charge is -2.13. The fourth-order valence-electron chi connectivity index (χ4n) is 3.61. The highest BCUT2D eigenvalue weighted by atomic mass is 32.2. The highest BCUT2D eigenvalue weighted by molar-refractivity contribution is 8.00. The van der Waals surface area contributed by atoms with Crippen LogP contribution in [0.3, 0.4) is 0 Å². The van der Waals surface area contributed by atoms with Crippen molar-refractivity contribution in [3.63, 3.8) is 0 Å². The molecule has 1 N–H and O–H groups in total. The number of rotatable bonds is 8. The number of hydrogen-bond acceptors (Lipinski definition) is 6. The van der Waals surface area contributed by atoms with Crippen LogP contribution in [0.4, 0.5) is 17.6 Å². The molecule has 4 rings (SSSR count). The number of carboxylic acids is 1. The number of ether oxygens (including phenoxy) is 1. The summed E-state index contributed by atoms with van der Waals surface area (Å²) in [7, 11) is 1.37. The number of methoxy groups -OCH3 is 1. The maximum atomic E-state index is 14.0. The van der Waals surface area contributed by atoms with Crippen molar-refractivity contribution in [3.05, 3.63) is 82.4 Å². The minimum absolute atomic E-state index is 0.00612. The molecule has 192 valence electrons. The number of aryl methyl sites for hydroxylation is 1. The van der Waals surface area contributed by atoms with Gasteiger partial charge in [0.15, 0.2) is 11.6 Å². The SMILES string of the molecule is COc1ccc(-c2ccc(SC(CCn3nnc4cc(C(F)(F)F)ccc4c3=O)C(=O)O)cc2)cc1F. The van der Waals surface area contributed by atoms with E-state index in [2.05, 4.69) is 10.3 Å². The van der Waals surface area contributed by atoms with Gasteiger partial charge in [0.05, 0.1) is 18.1 Å². The zero-order valence-corrected chi connectivity index (χ0v) is 20.0. The van der Waals surface area contributed by atoms with Gasteiger partial charge in [0.25, 0.3) is 5.56 Å². The molecule has 37 heavy (non-hydrogen) atoms. The zero-order chi connectivity index (χ0) is 26.7. The first-order valence-electron chi connectivity index (χ1n) is 10.8. The van der Waals surface area contributed by atoms with E-state index in [4.69, 9.17) is 4.74 Å². The molecule has 0 aliphatic heterocycles. The van der Waals surface area contributed by atoms with E-state index in [9.17, 15) is 32.3 Å². The molecule has 1 unspecified atom stereocenters. The highest BCUT2D eigenvalue weighted by Crippen LogP contribution is 2.31. The van der Waals surface area contributed by atoms with Crippen LogP contribution in [-0.2, 0) is 17.5 Å². The lowest BCUT2D eigenvalue weighted by atomic mass is 10.1. The van der Waals surface area contributed by atoms with E-state index >= 15 is 0 Å². The maximum Gasteiger partial charge on any atom is 0.416 e. The van der Waals surface area contributed by atoms with Gasteiger partial charge in [0.2, 0.25) is 0 Å². The van der Waals surface area contributed by atoms with Crippen LogP contribution in [0.1, 0.15) is 12.0 Å². The molecule has 0 amide bonds. The summed E-state index contributed by atoms with van der Waals surface area (Å²) in [5, 5.41) is 16.1. The van der Waals surface area contributed by atoms with Crippen molar-refractivity contribution in [2.45, 2.75) is 29.3 Å². The first kappa shape index (κ1) is 26.1. The molecule has 0 bridgehead atoms. The quantitative estimate of drug-likeness (QED) is 0.244. The number of fused-ring (bicyclic) bond motifs is 1. The third-order valence-corrected chi connectivity index (χ3v) is 6.81. The smallest absolute Gasteiger partial charge is 0.416 e. The number of aliphatic carboxylic acids is 1. The number of alkyl halides is 3. The van der Waals surface area contributed by atoms with Crippen molar-refractivity contribution in [2.75, 3.05) is 7.11 Å². The summed E-state index contributed by atoms with van der Waals surface area (Å²) >= 11 is 1.06. The molecule has 0 spiro atoms. The van der Waals surface area contributed by atoms with Crippen LogP contribution >= 0.6 is 11.8 Å². The fourth-order valence-corrected chi connectivity index (χ4v) is 4.55. The molecule has 1 atom stereocenters.